The molecule has 0 bridgehead atoms. The van der Waals surface area contributed by atoms with Gasteiger partial charge < -0.3 is 21.3 Å². The van der Waals surface area contributed by atoms with Gasteiger partial charge in [-0.05, 0) is 12.0 Å². The van der Waals surface area contributed by atoms with E-state index in [1.165, 1.54) is 0 Å². The first-order valence-electron chi connectivity index (χ1n) is 8.13. The molecule has 25 heavy (non-hydrogen) atoms. The molecule has 1 fully saturated rings. The average molecular weight is 346 g/mol. The van der Waals surface area contributed by atoms with E-state index >= 15 is 0 Å². The van der Waals surface area contributed by atoms with E-state index in [4.69, 9.17) is 5.73 Å². The Morgan fingerprint density at radius 1 is 1.12 bits per heavy atom. The molecule has 1 aliphatic heterocycles. The summed E-state index contributed by atoms with van der Waals surface area (Å²) in [6, 6.07) is 8.73. The number of carbonyl (C=O) groups excluding carboxylic acids is 4. The topological polar surface area (TPSA) is 122 Å². The molecule has 1 saturated heterocycles. The second-order valence-electron chi connectivity index (χ2n) is 5.86. The number of nitrogens with zero attached hydrogens (tertiary/aromatic N) is 1. The van der Waals surface area contributed by atoms with Crippen molar-refractivity contribution in [3.8, 4) is 0 Å². The Labute approximate surface area is 145 Å². The quantitative estimate of drug-likeness (QED) is 0.555. The number of carbonyl (C=O) groups is 4. The molecule has 1 unspecified atom stereocenters. The molecule has 1 atom stereocenters. The van der Waals surface area contributed by atoms with Crippen molar-refractivity contribution in [1.29, 1.82) is 0 Å². The van der Waals surface area contributed by atoms with Gasteiger partial charge in [0.1, 0.15) is 6.04 Å². The van der Waals surface area contributed by atoms with Crippen LogP contribution in [0.3, 0.4) is 0 Å². The van der Waals surface area contributed by atoms with E-state index in [1.807, 2.05) is 30.3 Å². The van der Waals surface area contributed by atoms with Gasteiger partial charge in [-0.2, -0.15) is 0 Å². The Bertz CT molecular complexity index is 647. The number of nitrogens with two attached hydrogens (primary N) is 1. The number of benzene rings is 1. The number of hydrogen-bond acceptors (Lipinski definition) is 4. The van der Waals surface area contributed by atoms with Crippen LogP contribution < -0.4 is 16.4 Å². The van der Waals surface area contributed by atoms with E-state index in [1.54, 1.807) is 4.90 Å². The Balaban J connectivity index is 1.99. The Morgan fingerprint density at radius 2 is 1.84 bits per heavy atom. The summed E-state index contributed by atoms with van der Waals surface area (Å²) in [7, 11) is 0. The molecule has 4 amide bonds. The van der Waals surface area contributed by atoms with Crippen molar-refractivity contribution >= 4 is 23.6 Å². The lowest BCUT2D eigenvalue weighted by Gasteiger charge is -2.27. The van der Waals surface area contributed by atoms with Gasteiger partial charge in [0.2, 0.25) is 23.6 Å². The number of hydrogen-bond donors (Lipinski definition) is 3. The van der Waals surface area contributed by atoms with E-state index in [9.17, 15) is 19.2 Å². The van der Waals surface area contributed by atoms with E-state index in [2.05, 4.69) is 10.6 Å². The van der Waals surface area contributed by atoms with E-state index in [-0.39, 0.29) is 19.0 Å². The Morgan fingerprint density at radius 3 is 2.44 bits per heavy atom. The second-order valence-corrected chi connectivity index (χ2v) is 5.86. The largest absolute Gasteiger partial charge is 0.368 e. The third kappa shape index (κ3) is 5.59. The Kier molecular flexibility index (Phi) is 6.50. The average Bonchev–Trinajstić information content (AvgIpc) is 3.02. The molecule has 1 aromatic carbocycles. The van der Waals surface area contributed by atoms with Crippen LogP contribution in [0.1, 0.15) is 18.4 Å². The molecule has 0 radical (unpaired) electrons. The minimum atomic E-state index is -0.665. The van der Waals surface area contributed by atoms with Gasteiger partial charge in [-0.3, -0.25) is 19.2 Å². The predicted molar refractivity (Wildman–Crippen MR) is 90.1 cm³/mol. The summed E-state index contributed by atoms with van der Waals surface area (Å²) in [6.45, 7) is -0.0379. The maximum Gasteiger partial charge on any atom is 0.243 e. The summed E-state index contributed by atoms with van der Waals surface area (Å²) in [4.78, 5) is 48.4. The van der Waals surface area contributed by atoms with Crippen LogP contribution in [0.2, 0.25) is 0 Å². The first-order valence-corrected chi connectivity index (χ1v) is 8.13. The zero-order valence-electron chi connectivity index (χ0n) is 13.9. The molecule has 1 heterocycles. The lowest BCUT2D eigenvalue weighted by atomic mass is 10.0. The smallest absolute Gasteiger partial charge is 0.243 e. The maximum atomic E-state index is 12.5. The fraction of sp³-hybridized carbons (Fsp3) is 0.412. The molecule has 0 spiro atoms. The van der Waals surface area contributed by atoms with Gasteiger partial charge in [0.05, 0.1) is 13.1 Å². The molecule has 0 saturated carbocycles. The van der Waals surface area contributed by atoms with E-state index in [0.717, 1.165) is 12.0 Å². The first-order chi connectivity index (χ1) is 12.0. The molecule has 8 heteroatoms. The summed E-state index contributed by atoms with van der Waals surface area (Å²) in [5, 5.41) is 4.82. The highest BCUT2D eigenvalue weighted by atomic mass is 16.2. The van der Waals surface area contributed by atoms with Crippen LogP contribution in [0.25, 0.3) is 0 Å². The summed E-state index contributed by atoms with van der Waals surface area (Å²) < 4.78 is 0. The maximum absolute atomic E-state index is 12.5. The molecule has 0 aliphatic carbocycles. The standard InChI is InChI=1S/C17H22N4O4/c18-14(22)10-19-15(23)11-20-17(25)13(21-8-4-7-16(21)24)9-12-5-2-1-3-6-12/h1-3,5-6,13H,4,7-11H2,(H2,18,22)(H,19,23)(H,20,25). The van der Waals surface area contributed by atoms with Gasteiger partial charge in [-0.1, -0.05) is 30.3 Å². The van der Waals surface area contributed by atoms with E-state index < -0.39 is 23.8 Å². The van der Waals surface area contributed by atoms with Crippen LogP contribution in [0.4, 0.5) is 0 Å². The zero-order valence-corrected chi connectivity index (χ0v) is 13.9. The lowest BCUT2D eigenvalue weighted by Crippen LogP contribution is -2.51. The molecule has 8 nitrogen and oxygen atoms in total. The van der Waals surface area contributed by atoms with Crippen molar-refractivity contribution in [1.82, 2.24) is 15.5 Å². The van der Waals surface area contributed by atoms with Crippen LogP contribution in [0.5, 0.6) is 0 Å². The lowest BCUT2D eigenvalue weighted by molar-refractivity contribution is -0.137. The summed E-state index contributed by atoms with van der Waals surface area (Å²) in [5.41, 5.74) is 5.87. The molecular formula is C17H22N4O4. The van der Waals surface area contributed by atoms with Crippen LogP contribution in [-0.2, 0) is 25.6 Å². The summed E-state index contributed by atoms with van der Waals surface area (Å²) in [5.74, 6) is -1.63. The number of primary amides is 1. The second kappa shape index (κ2) is 8.81. The number of amides is 4. The van der Waals surface area contributed by atoms with Gasteiger partial charge >= 0.3 is 0 Å². The third-order valence-corrected chi connectivity index (χ3v) is 3.94. The van der Waals surface area contributed by atoms with Crippen LogP contribution >= 0.6 is 0 Å². The third-order valence-electron chi connectivity index (χ3n) is 3.94. The summed E-state index contributed by atoms with van der Waals surface area (Å²) in [6.07, 6.45) is 1.52. The molecule has 1 aromatic rings. The van der Waals surface area contributed by atoms with Crippen molar-refractivity contribution in [2.75, 3.05) is 19.6 Å². The minimum absolute atomic E-state index is 0.0609. The van der Waals surface area contributed by atoms with Crippen molar-refractivity contribution in [2.24, 2.45) is 5.73 Å². The summed E-state index contributed by atoms with van der Waals surface area (Å²) >= 11 is 0. The number of nitrogens with one attached hydrogen (secondary N) is 2. The highest BCUT2D eigenvalue weighted by Gasteiger charge is 2.32. The van der Waals surface area contributed by atoms with Gasteiger partial charge in [-0.25, -0.2) is 0 Å². The van der Waals surface area contributed by atoms with Crippen molar-refractivity contribution in [3.63, 3.8) is 0 Å². The van der Waals surface area contributed by atoms with Crippen LogP contribution in [-0.4, -0.2) is 54.2 Å². The van der Waals surface area contributed by atoms with Gasteiger partial charge in [0.15, 0.2) is 0 Å². The normalized spacial score (nSPS) is 14.9. The molecular weight excluding hydrogens is 324 g/mol. The van der Waals surface area contributed by atoms with Gasteiger partial charge in [0, 0.05) is 19.4 Å². The highest BCUT2D eigenvalue weighted by molar-refractivity contribution is 5.92. The first kappa shape index (κ1) is 18.4. The fourth-order valence-corrected chi connectivity index (χ4v) is 2.71. The highest BCUT2D eigenvalue weighted by Crippen LogP contribution is 2.17. The molecule has 0 aromatic heterocycles. The number of rotatable bonds is 8. The van der Waals surface area contributed by atoms with Gasteiger partial charge in [0.25, 0.3) is 0 Å². The monoisotopic (exact) mass is 346 g/mol. The van der Waals surface area contributed by atoms with E-state index in [0.29, 0.717) is 19.4 Å². The zero-order chi connectivity index (χ0) is 18.2. The Hall–Kier alpha value is -2.90. The van der Waals surface area contributed by atoms with Crippen molar-refractivity contribution in [2.45, 2.75) is 25.3 Å². The van der Waals surface area contributed by atoms with Crippen LogP contribution in [0, 0.1) is 0 Å². The molecule has 2 rings (SSSR count). The van der Waals surface area contributed by atoms with Gasteiger partial charge in [-0.15, -0.1) is 0 Å². The SMILES string of the molecule is NC(=O)CNC(=O)CNC(=O)C(Cc1ccccc1)N1CCCC1=O. The minimum Gasteiger partial charge on any atom is -0.368 e. The van der Waals surface area contributed by atoms with Crippen molar-refractivity contribution in [3.05, 3.63) is 35.9 Å². The predicted octanol–water partition coefficient (Wildman–Crippen LogP) is -1.06. The molecule has 4 N–H and O–H groups in total. The fourth-order valence-electron chi connectivity index (χ4n) is 2.71. The number of likely N-dealkylation sites (tertiary alicyclic amines) is 1. The molecule has 134 valence electrons. The van der Waals surface area contributed by atoms with Crippen LogP contribution in [0.15, 0.2) is 30.3 Å². The molecule has 1 aliphatic rings. The van der Waals surface area contributed by atoms with Crippen molar-refractivity contribution < 1.29 is 19.2 Å².